The van der Waals surface area contributed by atoms with Crippen molar-refractivity contribution in [2.24, 2.45) is 0 Å². The van der Waals surface area contributed by atoms with E-state index in [1.807, 2.05) is 60.7 Å². The highest BCUT2D eigenvalue weighted by Gasteiger charge is 2.07. The molecule has 0 unspecified atom stereocenters. The first-order chi connectivity index (χ1) is 10.7. The molecule has 0 aliphatic carbocycles. The van der Waals surface area contributed by atoms with E-state index in [2.05, 4.69) is 30.5 Å². The maximum atomic E-state index is 4.70. The Balaban J connectivity index is 1.90. The summed E-state index contributed by atoms with van der Waals surface area (Å²) in [5, 5.41) is 6.74. The van der Waals surface area contributed by atoms with Gasteiger partial charge < -0.3 is 10.6 Å². The van der Waals surface area contributed by atoms with E-state index in [-0.39, 0.29) is 0 Å². The fraction of sp³-hybridized carbons (Fsp3) is 0.105. The van der Waals surface area contributed by atoms with E-state index in [4.69, 9.17) is 4.98 Å². The van der Waals surface area contributed by atoms with Crippen molar-refractivity contribution in [2.45, 2.75) is 13.8 Å². The van der Waals surface area contributed by atoms with Crippen molar-refractivity contribution >= 4 is 23.0 Å². The Bertz CT molecular complexity index is 752. The molecule has 0 radical (unpaired) electrons. The predicted molar refractivity (Wildman–Crippen MR) is 93.2 cm³/mol. The number of hydrogen-bond donors (Lipinski definition) is 2. The Morgan fingerprint density at radius 1 is 0.727 bits per heavy atom. The van der Waals surface area contributed by atoms with Crippen LogP contribution in [0.5, 0.6) is 0 Å². The molecular weight excluding hydrogens is 270 g/mol. The number of anilines is 4. The van der Waals surface area contributed by atoms with Crippen molar-refractivity contribution < 1.29 is 0 Å². The van der Waals surface area contributed by atoms with Crippen LogP contribution in [0, 0.1) is 13.8 Å². The highest BCUT2D eigenvalue weighted by Crippen LogP contribution is 2.25. The Kier molecular flexibility index (Phi) is 4.05. The number of para-hydroxylation sites is 2. The third-order valence-electron chi connectivity index (χ3n) is 3.61. The van der Waals surface area contributed by atoms with Gasteiger partial charge >= 0.3 is 0 Å². The van der Waals surface area contributed by atoms with Gasteiger partial charge in [-0.1, -0.05) is 36.4 Å². The van der Waals surface area contributed by atoms with Crippen molar-refractivity contribution in [3.05, 3.63) is 77.9 Å². The molecule has 3 aromatic rings. The molecule has 0 saturated heterocycles. The summed E-state index contributed by atoms with van der Waals surface area (Å²) < 4.78 is 0. The van der Waals surface area contributed by atoms with Crippen molar-refractivity contribution in [2.75, 3.05) is 10.6 Å². The van der Waals surface area contributed by atoms with Crippen LogP contribution in [0.15, 0.2) is 66.7 Å². The van der Waals surface area contributed by atoms with Gasteiger partial charge in [-0.25, -0.2) is 4.98 Å². The average molecular weight is 289 g/mol. The van der Waals surface area contributed by atoms with E-state index in [0.717, 1.165) is 28.6 Å². The molecule has 0 bridgehead atoms. The van der Waals surface area contributed by atoms with E-state index >= 15 is 0 Å². The van der Waals surface area contributed by atoms with Gasteiger partial charge in [-0.3, -0.25) is 0 Å². The van der Waals surface area contributed by atoms with Gasteiger partial charge in [0.1, 0.15) is 11.6 Å². The van der Waals surface area contributed by atoms with Crippen LogP contribution < -0.4 is 10.6 Å². The molecular formula is C19H19N3. The highest BCUT2D eigenvalue weighted by molar-refractivity contribution is 5.65. The first kappa shape index (κ1) is 14.1. The zero-order valence-electron chi connectivity index (χ0n) is 12.8. The molecule has 110 valence electrons. The second-order valence-electron chi connectivity index (χ2n) is 5.28. The van der Waals surface area contributed by atoms with Crippen molar-refractivity contribution in [1.29, 1.82) is 0 Å². The topological polar surface area (TPSA) is 37.0 Å². The van der Waals surface area contributed by atoms with E-state index in [9.17, 15) is 0 Å². The summed E-state index contributed by atoms with van der Waals surface area (Å²) in [7, 11) is 0. The first-order valence-corrected chi connectivity index (χ1v) is 7.35. The Hall–Kier alpha value is -2.81. The number of aryl methyl sites for hydroxylation is 1. The fourth-order valence-electron chi connectivity index (χ4n) is 2.25. The molecule has 0 saturated carbocycles. The molecule has 1 heterocycles. The van der Waals surface area contributed by atoms with Crippen molar-refractivity contribution in [1.82, 2.24) is 4.98 Å². The van der Waals surface area contributed by atoms with Gasteiger partial charge in [-0.15, -0.1) is 0 Å². The van der Waals surface area contributed by atoms with Crippen molar-refractivity contribution in [3.63, 3.8) is 0 Å². The molecule has 22 heavy (non-hydrogen) atoms. The lowest BCUT2D eigenvalue weighted by molar-refractivity contribution is 1.21. The minimum Gasteiger partial charge on any atom is -0.340 e. The zero-order valence-corrected chi connectivity index (χ0v) is 12.8. The standard InChI is InChI=1S/C19H19N3/c1-14-13-18(20-16-9-5-3-6-10-16)22-19(15(14)2)21-17-11-7-4-8-12-17/h3-13H,1-2H3,(H2,20,21,22). The highest BCUT2D eigenvalue weighted by atomic mass is 15.1. The molecule has 2 N–H and O–H groups in total. The number of nitrogens with zero attached hydrogens (tertiary/aromatic N) is 1. The minimum atomic E-state index is 0.840. The molecule has 0 fully saturated rings. The lowest BCUT2D eigenvalue weighted by Gasteiger charge is -2.14. The number of pyridine rings is 1. The summed E-state index contributed by atoms with van der Waals surface area (Å²) in [5.41, 5.74) is 4.42. The fourth-order valence-corrected chi connectivity index (χ4v) is 2.25. The molecule has 0 aliphatic heterocycles. The second kappa shape index (κ2) is 6.31. The van der Waals surface area contributed by atoms with Crippen LogP contribution in [0.3, 0.4) is 0 Å². The van der Waals surface area contributed by atoms with Crippen LogP contribution in [-0.4, -0.2) is 4.98 Å². The smallest absolute Gasteiger partial charge is 0.135 e. The quantitative estimate of drug-likeness (QED) is 0.694. The van der Waals surface area contributed by atoms with Gasteiger partial charge in [-0.05, 0) is 55.3 Å². The van der Waals surface area contributed by atoms with Crippen LogP contribution in [0.25, 0.3) is 0 Å². The predicted octanol–water partition coefficient (Wildman–Crippen LogP) is 5.19. The summed E-state index contributed by atoms with van der Waals surface area (Å²) in [4.78, 5) is 4.70. The monoisotopic (exact) mass is 289 g/mol. The molecule has 0 amide bonds. The molecule has 2 aromatic carbocycles. The van der Waals surface area contributed by atoms with E-state index in [1.54, 1.807) is 0 Å². The molecule has 3 nitrogen and oxygen atoms in total. The van der Waals surface area contributed by atoms with Gasteiger partial charge in [0.15, 0.2) is 0 Å². The van der Waals surface area contributed by atoms with Gasteiger partial charge in [-0.2, -0.15) is 0 Å². The van der Waals surface area contributed by atoms with E-state index < -0.39 is 0 Å². The number of hydrogen-bond acceptors (Lipinski definition) is 3. The molecule has 3 rings (SSSR count). The Morgan fingerprint density at radius 3 is 1.86 bits per heavy atom. The number of aromatic nitrogens is 1. The van der Waals surface area contributed by atoms with Crippen LogP contribution in [0.1, 0.15) is 11.1 Å². The maximum absolute atomic E-state index is 4.70. The zero-order chi connectivity index (χ0) is 15.4. The third-order valence-corrected chi connectivity index (χ3v) is 3.61. The summed E-state index contributed by atoms with van der Waals surface area (Å²) >= 11 is 0. The van der Waals surface area contributed by atoms with E-state index in [1.165, 1.54) is 5.56 Å². The molecule has 0 spiro atoms. The Labute approximate surface area is 131 Å². The van der Waals surface area contributed by atoms with Crippen LogP contribution >= 0.6 is 0 Å². The largest absolute Gasteiger partial charge is 0.340 e. The molecule has 1 aromatic heterocycles. The third kappa shape index (κ3) is 3.26. The maximum Gasteiger partial charge on any atom is 0.135 e. The van der Waals surface area contributed by atoms with Gasteiger partial charge in [0.25, 0.3) is 0 Å². The van der Waals surface area contributed by atoms with Crippen LogP contribution in [-0.2, 0) is 0 Å². The molecule has 3 heteroatoms. The summed E-state index contributed by atoms with van der Waals surface area (Å²) in [5.74, 6) is 1.72. The lowest BCUT2D eigenvalue weighted by Crippen LogP contribution is -2.02. The van der Waals surface area contributed by atoms with E-state index in [0.29, 0.717) is 0 Å². The SMILES string of the molecule is Cc1cc(Nc2ccccc2)nc(Nc2ccccc2)c1C. The minimum absolute atomic E-state index is 0.840. The number of benzene rings is 2. The summed E-state index contributed by atoms with van der Waals surface area (Å²) in [6.07, 6.45) is 0. The molecule has 0 atom stereocenters. The molecule has 0 aliphatic rings. The van der Waals surface area contributed by atoms with Crippen LogP contribution in [0.4, 0.5) is 23.0 Å². The number of nitrogens with one attached hydrogen (secondary N) is 2. The summed E-state index contributed by atoms with van der Waals surface area (Å²) in [6.45, 7) is 4.18. The number of rotatable bonds is 4. The average Bonchev–Trinajstić information content (AvgIpc) is 2.54. The lowest BCUT2D eigenvalue weighted by atomic mass is 10.1. The van der Waals surface area contributed by atoms with Gasteiger partial charge in [0, 0.05) is 11.4 Å². The first-order valence-electron chi connectivity index (χ1n) is 7.35. The second-order valence-corrected chi connectivity index (χ2v) is 5.28. The van der Waals surface area contributed by atoms with Gasteiger partial charge in [0.2, 0.25) is 0 Å². The van der Waals surface area contributed by atoms with Gasteiger partial charge in [0.05, 0.1) is 0 Å². The Morgan fingerprint density at radius 2 is 1.27 bits per heavy atom. The van der Waals surface area contributed by atoms with Crippen LogP contribution in [0.2, 0.25) is 0 Å². The van der Waals surface area contributed by atoms with Crippen molar-refractivity contribution in [3.8, 4) is 0 Å². The normalized spacial score (nSPS) is 10.3. The summed E-state index contributed by atoms with van der Waals surface area (Å²) in [6, 6.07) is 22.2.